The van der Waals surface area contributed by atoms with Crippen LogP contribution < -0.4 is 10.4 Å². The third-order valence-electron chi connectivity index (χ3n) is 5.94. The Balaban J connectivity index is 1.53. The van der Waals surface area contributed by atoms with Gasteiger partial charge in [-0.15, -0.1) is 0 Å². The van der Waals surface area contributed by atoms with Gasteiger partial charge in [0, 0.05) is 38.6 Å². The Bertz CT molecular complexity index is 1190. The molecule has 2 atom stereocenters. The zero-order valence-electron chi connectivity index (χ0n) is 17.5. The highest BCUT2D eigenvalue weighted by Gasteiger charge is 2.46. The van der Waals surface area contributed by atoms with Crippen LogP contribution in [0.2, 0.25) is 0 Å². The summed E-state index contributed by atoms with van der Waals surface area (Å²) in [7, 11) is -4.63. The van der Waals surface area contributed by atoms with E-state index in [0.717, 1.165) is 4.31 Å². The van der Waals surface area contributed by atoms with Gasteiger partial charge in [-0.1, -0.05) is 0 Å². The number of amides is 1. The normalized spacial score (nSPS) is 21.3. The molecule has 2 saturated heterocycles. The first-order valence-electron chi connectivity index (χ1n) is 10.0. The smallest absolute Gasteiger partial charge is 0.340 e. The molecule has 35 heavy (non-hydrogen) atoms. The highest BCUT2D eigenvalue weighted by atomic mass is 32.2. The molecule has 2 aliphatic rings. The second kappa shape index (κ2) is 8.60. The van der Waals surface area contributed by atoms with Crippen molar-refractivity contribution in [2.45, 2.75) is 17.2 Å². The van der Waals surface area contributed by atoms with Gasteiger partial charge in [0.05, 0.1) is 21.6 Å². The maximum absolute atomic E-state index is 13.2. The first-order valence-corrected chi connectivity index (χ1v) is 11.4. The quantitative estimate of drug-likeness (QED) is 0.358. The molecule has 4 rings (SSSR count). The fourth-order valence-electron chi connectivity index (χ4n) is 4.20. The highest BCUT2D eigenvalue weighted by molar-refractivity contribution is 7.89. The number of anilines is 1. The molecule has 2 fully saturated rings. The molecule has 1 amide bonds. The summed E-state index contributed by atoms with van der Waals surface area (Å²) in [5, 5.41) is 8.63. The number of alkyl halides is 6. The van der Waals surface area contributed by atoms with Gasteiger partial charge >= 0.3 is 12.4 Å². The number of aromatic nitrogens is 2. The molecule has 0 spiro atoms. The molecule has 16 heteroatoms. The van der Waals surface area contributed by atoms with E-state index in [2.05, 4.69) is 9.97 Å². The minimum Gasteiger partial charge on any atom is -0.340 e. The molecular weight excluding hydrogens is 508 g/mol. The number of benzene rings is 1. The van der Waals surface area contributed by atoms with E-state index in [1.54, 1.807) is 4.90 Å². The number of nitrogens with one attached hydrogen (secondary N) is 1. The van der Waals surface area contributed by atoms with Crippen LogP contribution in [0.1, 0.15) is 21.5 Å². The lowest BCUT2D eigenvalue weighted by molar-refractivity contribution is -0.143. The number of carbonyl (C=O) groups is 1. The number of rotatable bonds is 4. The van der Waals surface area contributed by atoms with Crippen LogP contribution in [-0.2, 0) is 22.4 Å². The molecule has 190 valence electrons. The number of hydroxylamine groups is 1. The molecule has 0 saturated carbocycles. The number of carbonyl (C=O) groups excluding carboxylic acids is 1. The lowest BCUT2D eigenvalue weighted by atomic mass is 10.0. The molecular formula is C19H17F6N5O4S. The van der Waals surface area contributed by atoms with E-state index in [-0.39, 0.29) is 54.6 Å². The van der Waals surface area contributed by atoms with E-state index in [4.69, 9.17) is 5.21 Å². The van der Waals surface area contributed by atoms with Crippen LogP contribution in [0.3, 0.4) is 0 Å². The summed E-state index contributed by atoms with van der Waals surface area (Å²) in [6, 6.07) is 0.302. The van der Waals surface area contributed by atoms with Crippen molar-refractivity contribution in [3.05, 3.63) is 47.3 Å². The summed E-state index contributed by atoms with van der Waals surface area (Å²) >= 11 is 0. The van der Waals surface area contributed by atoms with Gasteiger partial charge in [-0.3, -0.25) is 10.0 Å². The number of fused-ring (bicyclic) bond motifs is 1. The average Bonchev–Trinajstić information content (AvgIpc) is 3.37. The molecule has 0 bridgehead atoms. The predicted molar refractivity (Wildman–Crippen MR) is 106 cm³/mol. The Kier molecular flexibility index (Phi) is 6.17. The number of halogens is 6. The van der Waals surface area contributed by atoms with Crippen molar-refractivity contribution >= 4 is 21.9 Å². The largest absolute Gasteiger partial charge is 0.416 e. The van der Waals surface area contributed by atoms with Crippen molar-refractivity contribution in [1.29, 1.82) is 0 Å². The monoisotopic (exact) mass is 525 g/mol. The van der Waals surface area contributed by atoms with Crippen molar-refractivity contribution in [2.24, 2.45) is 11.8 Å². The lowest BCUT2D eigenvalue weighted by Crippen LogP contribution is -2.34. The zero-order valence-corrected chi connectivity index (χ0v) is 18.3. The first kappa shape index (κ1) is 25.1. The van der Waals surface area contributed by atoms with Crippen LogP contribution in [0.25, 0.3) is 0 Å². The summed E-state index contributed by atoms with van der Waals surface area (Å²) in [5.41, 5.74) is -1.96. The molecule has 2 N–H and O–H groups in total. The Hall–Kier alpha value is -2.98. The van der Waals surface area contributed by atoms with E-state index >= 15 is 0 Å². The van der Waals surface area contributed by atoms with Crippen LogP contribution >= 0.6 is 0 Å². The molecule has 1 aromatic heterocycles. The van der Waals surface area contributed by atoms with Gasteiger partial charge in [0.25, 0.3) is 5.91 Å². The number of hydrogen-bond acceptors (Lipinski definition) is 7. The molecule has 3 heterocycles. The maximum Gasteiger partial charge on any atom is 0.416 e. The minimum atomic E-state index is -5.17. The minimum absolute atomic E-state index is 0.00669. The zero-order chi connectivity index (χ0) is 25.8. The van der Waals surface area contributed by atoms with Gasteiger partial charge in [-0.05, 0) is 30.0 Å². The molecule has 9 nitrogen and oxygen atoms in total. The fourth-order valence-corrected chi connectivity index (χ4v) is 5.83. The van der Waals surface area contributed by atoms with Crippen LogP contribution in [0, 0.1) is 11.8 Å². The highest BCUT2D eigenvalue weighted by Crippen LogP contribution is 2.40. The van der Waals surface area contributed by atoms with Crippen molar-refractivity contribution < 1.29 is 44.8 Å². The van der Waals surface area contributed by atoms with E-state index in [1.807, 2.05) is 0 Å². The van der Waals surface area contributed by atoms with Gasteiger partial charge in [-0.2, -0.15) is 30.6 Å². The average molecular weight is 525 g/mol. The van der Waals surface area contributed by atoms with Crippen molar-refractivity contribution in [1.82, 2.24) is 19.8 Å². The third kappa shape index (κ3) is 4.90. The van der Waals surface area contributed by atoms with Crippen molar-refractivity contribution in [3.8, 4) is 0 Å². The lowest BCUT2D eigenvalue weighted by Gasteiger charge is -2.22. The standard InChI is InChI=1S/C19H17F6N5O4S/c20-18(21,22)13-1-14(19(23,24)25)3-15(2-13)35(33,34)30-8-11-6-29(7-12(11)9-30)17-26-4-10(5-27-17)16(31)28-32/h1-5,11-12,32H,6-9H2,(H,28,31). The molecule has 2 aliphatic heterocycles. The molecule has 2 aromatic rings. The Morgan fingerprint density at radius 2 is 1.40 bits per heavy atom. The number of sulfonamides is 1. The van der Waals surface area contributed by atoms with Crippen LogP contribution in [-0.4, -0.2) is 60.0 Å². The summed E-state index contributed by atoms with van der Waals surface area (Å²) in [5.74, 6) is -1.08. The topological polar surface area (TPSA) is 116 Å². The fraction of sp³-hybridized carbons (Fsp3) is 0.421. The Morgan fingerprint density at radius 3 is 1.83 bits per heavy atom. The predicted octanol–water partition coefficient (Wildman–Crippen LogP) is 2.39. The van der Waals surface area contributed by atoms with E-state index < -0.39 is 44.3 Å². The van der Waals surface area contributed by atoms with Crippen molar-refractivity contribution in [3.63, 3.8) is 0 Å². The van der Waals surface area contributed by atoms with E-state index in [9.17, 15) is 39.6 Å². The van der Waals surface area contributed by atoms with Gasteiger partial charge in [0.1, 0.15) is 0 Å². The summed E-state index contributed by atoms with van der Waals surface area (Å²) in [4.78, 5) is 20.1. The van der Waals surface area contributed by atoms with Gasteiger partial charge in [0.2, 0.25) is 16.0 Å². The van der Waals surface area contributed by atoms with Gasteiger partial charge < -0.3 is 4.90 Å². The number of hydrogen-bond donors (Lipinski definition) is 2. The van der Waals surface area contributed by atoms with Crippen LogP contribution in [0.4, 0.5) is 32.3 Å². The molecule has 1 aromatic carbocycles. The van der Waals surface area contributed by atoms with E-state index in [0.29, 0.717) is 13.1 Å². The second-order valence-electron chi connectivity index (χ2n) is 8.20. The Labute approximate surface area is 194 Å². The van der Waals surface area contributed by atoms with E-state index in [1.165, 1.54) is 17.9 Å². The summed E-state index contributed by atoms with van der Waals surface area (Å²) in [6.45, 7) is 0.370. The van der Waals surface area contributed by atoms with Crippen LogP contribution in [0.5, 0.6) is 0 Å². The van der Waals surface area contributed by atoms with Gasteiger partial charge in [0.15, 0.2) is 0 Å². The number of nitrogens with zero attached hydrogens (tertiary/aromatic N) is 4. The first-order chi connectivity index (χ1) is 16.2. The third-order valence-corrected chi connectivity index (χ3v) is 7.75. The van der Waals surface area contributed by atoms with Gasteiger partial charge in [-0.25, -0.2) is 23.9 Å². The SMILES string of the molecule is O=C(NO)c1cnc(N2CC3CN(S(=O)(=O)c4cc(C(F)(F)F)cc(C(F)(F)F)c4)CC3C2)nc1. The second-order valence-corrected chi connectivity index (χ2v) is 10.1. The van der Waals surface area contributed by atoms with Crippen molar-refractivity contribution in [2.75, 3.05) is 31.1 Å². The van der Waals surface area contributed by atoms with Crippen LogP contribution in [0.15, 0.2) is 35.5 Å². The Morgan fingerprint density at radius 1 is 0.914 bits per heavy atom. The molecule has 0 aliphatic carbocycles. The summed E-state index contributed by atoms with van der Waals surface area (Å²) < 4.78 is 106. The summed E-state index contributed by atoms with van der Waals surface area (Å²) in [6.07, 6.45) is -7.96. The molecule has 0 radical (unpaired) electrons. The maximum atomic E-state index is 13.2. The molecule has 2 unspecified atom stereocenters.